The van der Waals surface area contributed by atoms with Crippen molar-refractivity contribution < 1.29 is 9.53 Å². The smallest absolute Gasteiger partial charge is 0.343 e. The predicted molar refractivity (Wildman–Crippen MR) is 111 cm³/mol. The molecule has 1 atom stereocenters. The lowest BCUT2D eigenvalue weighted by Crippen LogP contribution is -2.28. The SMILES string of the molecule is COCCCn1c(SCC(=O)N[C@H](C)c2cccc3ccccc23)n[nH]c1=O. The van der Waals surface area contributed by atoms with Crippen LogP contribution in [-0.2, 0) is 16.1 Å². The largest absolute Gasteiger partial charge is 0.385 e. The molecule has 2 N–H and O–H groups in total. The summed E-state index contributed by atoms with van der Waals surface area (Å²) in [6.07, 6.45) is 0.702. The number of H-pyrrole nitrogens is 1. The van der Waals surface area contributed by atoms with Crippen LogP contribution in [0.5, 0.6) is 0 Å². The van der Waals surface area contributed by atoms with Crippen LogP contribution in [0.25, 0.3) is 10.8 Å². The van der Waals surface area contributed by atoms with E-state index >= 15 is 0 Å². The van der Waals surface area contributed by atoms with Gasteiger partial charge in [0.05, 0.1) is 11.8 Å². The third-order valence-corrected chi connectivity index (χ3v) is 5.43. The van der Waals surface area contributed by atoms with Gasteiger partial charge in [0.25, 0.3) is 0 Å². The Hall–Kier alpha value is -2.58. The Morgan fingerprint density at radius 2 is 2.07 bits per heavy atom. The van der Waals surface area contributed by atoms with Crippen molar-refractivity contribution in [2.24, 2.45) is 0 Å². The molecule has 2 aromatic carbocycles. The number of carbonyl (C=O) groups excluding carboxylic acids is 1. The summed E-state index contributed by atoms with van der Waals surface area (Å²) in [6, 6.07) is 14.1. The van der Waals surface area contributed by atoms with E-state index < -0.39 is 0 Å². The van der Waals surface area contributed by atoms with Crippen molar-refractivity contribution in [1.29, 1.82) is 0 Å². The Morgan fingerprint density at radius 1 is 1.29 bits per heavy atom. The topological polar surface area (TPSA) is 89.0 Å². The van der Waals surface area contributed by atoms with E-state index in [1.165, 1.54) is 16.3 Å². The first-order valence-electron chi connectivity index (χ1n) is 9.14. The first kappa shape index (κ1) is 20.2. The molecule has 0 fully saturated rings. The minimum atomic E-state index is -0.275. The number of hydrogen-bond acceptors (Lipinski definition) is 5. The zero-order chi connectivity index (χ0) is 19.9. The maximum Gasteiger partial charge on any atom is 0.343 e. The highest BCUT2D eigenvalue weighted by molar-refractivity contribution is 7.99. The standard InChI is InChI=1S/C20H24N4O3S/c1-14(16-10-5-8-15-7-3-4-9-17(15)16)21-18(25)13-28-20-23-22-19(26)24(20)11-6-12-27-2/h3-5,7-10,14H,6,11-13H2,1-2H3,(H,21,25)(H,22,26)/t14-/m1/s1. The molecule has 8 heteroatoms. The molecule has 1 heterocycles. The summed E-state index contributed by atoms with van der Waals surface area (Å²) >= 11 is 1.24. The quantitative estimate of drug-likeness (QED) is 0.426. The van der Waals surface area contributed by atoms with Crippen LogP contribution in [0.1, 0.15) is 24.9 Å². The van der Waals surface area contributed by atoms with Gasteiger partial charge < -0.3 is 10.1 Å². The fraction of sp³-hybridized carbons (Fsp3) is 0.350. The van der Waals surface area contributed by atoms with Gasteiger partial charge in [-0.15, -0.1) is 5.10 Å². The molecule has 1 aromatic heterocycles. The van der Waals surface area contributed by atoms with Crippen molar-refractivity contribution in [1.82, 2.24) is 20.1 Å². The van der Waals surface area contributed by atoms with E-state index in [-0.39, 0.29) is 23.4 Å². The molecule has 3 aromatic rings. The molecule has 0 spiro atoms. The lowest BCUT2D eigenvalue weighted by atomic mass is 10.00. The van der Waals surface area contributed by atoms with Gasteiger partial charge in [0.15, 0.2) is 5.16 Å². The number of hydrogen-bond donors (Lipinski definition) is 2. The number of aromatic amines is 1. The number of thioether (sulfide) groups is 1. The van der Waals surface area contributed by atoms with Gasteiger partial charge in [0, 0.05) is 20.3 Å². The third kappa shape index (κ3) is 4.82. The zero-order valence-corrected chi connectivity index (χ0v) is 16.8. The van der Waals surface area contributed by atoms with Gasteiger partial charge in [-0.25, -0.2) is 9.89 Å². The number of aromatic nitrogens is 3. The van der Waals surface area contributed by atoms with Gasteiger partial charge in [-0.1, -0.05) is 54.2 Å². The van der Waals surface area contributed by atoms with Crippen LogP contribution in [0.3, 0.4) is 0 Å². The second-order valence-electron chi connectivity index (χ2n) is 6.46. The number of nitrogens with one attached hydrogen (secondary N) is 2. The second kappa shape index (κ2) is 9.57. The molecule has 0 saturated heterocycles. The highest BCUT2D eigenvalue weighted by Gasteiger charge is 2.15. The number of fused-ring (bicyclic) bond motifs is 1. The molecule has 0 aliphatic heterocycles. The fourth-order valence-corrected chi connectivity index (χ4v) is 3.88. The number of nitrogens with zero attached hydrogens (tertiary/aromatic N) is 2. The summed E-state index contributed by atoms with van der Waals surface area (Å²) in [4.78, 5) is 24.3. The Labute approximate surface area is 167 Å². The molecule has 0 aliphatic rings. The van der Waals surface area contributed by atoms with E-state index in [9.17, 15) is 9.59 Å². The number of methoxy groups -OCH3 is 1. The summed E-state index contributed by atoms with van der Waals surface area (Å²) in [7, 11) is 1.62. The van der Waals surface area contributed by atoms with E-state index in [4.69, 9.17) is 4.74 Å². The lowest BCUT2D eigenvalue weighted by Gasteiger charge is -2.16. The molecule has 7 nitrogen and oxygen atoms in total. The summed E-state index contributed by atoms with van der Waals surface area (Å²) in [5.41, 5.74) is 0.802. The summed E-state index contributed by atoms with van der Waals surface area (Å²) in [5, 5.41) is 12.3. The Morgan fingerprint density at radius 3 is 2.89 bits per heavy atom. The van der Waals surface area contributed by atoms with Gasteiger partial charge in [-0.05, 0) is 29.7 Å². The van der Waals surface area contributed by atoms with Crippen molar-refractivity contribution in [3.63, 3.8) is 0 Å². The Bertz CT molecular complexity index is 993. The van der Waals surface area contributed by atoms with Crippen LogP contribution in [0, 0.1) is 0 Å². The van der Waals surface area contributed by atoms with Crippen LogP contribution < -0.4 is 11.0 Å². The average molecular weight is 401 g/mol. The highest BCUT2D eigenvalue weighted by atomic mass is 32.2. The fourth-order valence-electron chi connectivity index (χ4n) is 3.10. The minimum Gasteiger partial charge on any atom is -0.385 e. The Balaban J connectivity index is 1.61. The number of carbonyl (C=O) groups is 1. The summed E-state index contributed by atoms with van der Waals surface area (Å²) < 4.78 is 6.55. The number of rotatable bonds is 9. The molecule has 0 bridgehead atoms. The summed E-state index contributed by atoms with van der Waals surface area (Å²) in [6.45, 7) is 3.03. The van der Waals surface area contributed by atoms with Crippen molar-refractivity contribution in [2.75, 3.05) is 19.5 Å². The molecule has 0 saturated carbocycles. The van der Waals surface area contributed by atoms with Gasteiger partial charge in [0.2, 0.25) is 5.91 Å². The number of benzene rings is 2. The third-order valence-electron chi connectivity index (χ3n) is 4.45. The van der Waals surface area contributed by atoms with E-state index in [1.54, 1.807) is 7.11 Å². The second-order valence-corrected chi connectivity index (χ2v) is 7.40. The predicted octanol–water partition coefficient (Wildman–Crippen LogP) is 2.73. The molecule has 0 unspecified atom stereocenters. The van der Waals surface area contributed by atoms with Crippen molar-refractivity contribution in [2.45, 2.75) is 31.1 Å². The first-order valence-corrected chi connectivity index (χ1v) is 10.1. The normalized spacial score (nSPS) is 12.2. The minimum absolute atomic E-state index is 0.107. The molecular weight excluding hydrogens is 376 g/mol. The van der Waals surface area contributed by atoms with Crippen molar-refractivity contribution >= 4 is 28.4 Å². The van der Waals surface area contributed by atoms with Crippen LogP contribution in [0.15, 0.2) is 52.4 Å². The van der Waals surface area contributed by atoms with Crippen molar-refractivity contribution in [3.8, 4) is 0 Å². The van der Waals surface area contributed by atoms with E-state index in [0.717, 1.165) is 16.3 Å². The maximum absolute atomic E-state index is 12.4. The van der Waals surface area contributed by atoms with E-state index in [2.05, 4.69) is 33.7 Å². The molecule has 148 valence electrons. The van der Waals surface area contributed by atoms with Crippen LogP contribution in [0.4, 0.5) is 0 Å². The summed E-state index contributed by atoms with van der Waals surface area (Å²) in [5.74, 6) is 0.0771. The molecule has 28 heavy (non-hydrogen) atoms. The van der Waals surface area contributed by atoms with Crippen LogP contribution in [-0.4, -0.2) is 40.1 Å². The van der Waals surface area contributed by atoms with Gasteiger partial charge in [0.1, 0.15) is 0 Å². The molecule has 0 radical (unpaired) electrons. The van der Waals surface area contributed by atoms with Crippen LogP contribution >= 0.6 is 11.8 Å². The van der Waals surface area contributed by atoms with Crippen LogP contribution in [0.2, 0.25) is 0 Å². The van der Waals surface area contributed by atoms with Gasteiger partial charge >= 0.3 is 5.69 Å². The monoisotopic (exact) mass is 400 g/mol. The number of amides is 1. The van der Waals surface area contributed by atoms with Gasteiger partial charge in [-0.3, -0.25) is 9.36 Å². The molecule has 1 amide bonds. The zero-order valence-electron chi connectivity index (χ0n) is 16.0. The first-order chi connectivity index (χ1) is 13.6. The Kier molecular flexibility index (Phi) is 6.89. The van der Waals surface area contributed by atoms with Gasteiger partial charge in [-0.2, -0.15) is 0 Å². The molecule has 0 aliphatic carbocycles. The average Bonchev–Trinajstić information content (AvgIpc) is 3.06. The highest BCUT2D eigenvalue weighted by Crippen LogP contribution is 2.24. The lowest BCUT2D eigenvalue weighted by molar-refractivity contribution is -0.119. The molecule has 3 rings (SSSR count). The van der Waals surface area contributed by atoms with E-state index in [1.807, 2.05) is 31.2 Å². The number of ether oxygens (including phenoxy) is 1. The molecular formula is C20H24N4O3S. The van der Waals surface area contributed by atoms with Crippen molar-refractivity contribution in [3.05, 3.63) is 58.5 Å². The maximum atomic E-state index is 12.4. The van der Waals surface area contributed by atoms with E-state index in [0.29, 0.717) is 24.7 Å².